The van der Waals surface area contributed by atoms with Gasteiger partial charge in [0.25, 0.3) is 5.91 Å². The Labute approximate surface area is 264 Å². The molecule has 1 aromatic carbocycles. The third-order valence-corrected chi connectivity index (χ3v) is 10.7. The molecule has 6 rings (SSSR count). The van der Waals surface area contributed by atoms with Crippen molar-refractivity contribution in [3.05, 3.63) is 86.8 Å². The van der Waals surface area contributed by atoms with Gasteiger partial charge in [0.1, 0.15) is 4.83 Å². The molecule has 2 N–H and O–H groups in total. The molecule has 2 aliphatic rings. The highest BCUT2D eigenvalue weighted by Crippen LogP contribution is 2.38. The highest BCUT2D eigenvalue weighted by molar-refractivity contribution is 7.20. The number of aryl methyl sites for hydroxylation is 1. The summed E-state index contributed by atoms with van der Waals surface area (Å²) in [6.07, 6.45) is 8.08. The van der Waals surface area contributed by atoms with Crippen molar-refractivity contribution < 1.29 is 9.53 Å². The predicted molar refractivity (Wildman–Crippen MR) is 178 cm³/mol. The first-order valence-corrected chi connectivity index (χ1v) is 16.7. The van der Waals surface area contributed by atoms with E-state index in [-0.39, 0.29) is 22.9 Å². The first kappa shape index (κ1) is 30.7. The minimum absolute atomic E-state index is 0.0527. The standard InChI is InChI=1S/C36H44N4O3S/c1-36(2,3)28-12-13-30-26(19-28)18-27-20-32(44-35(27)39-30)34(42)38-31(15-17-40-16-5-6-29(40)22-43-4)24-9-7-23(8-10-24)25-11-14-33(41)37-21-25/h7-11,14,18,20-21,28-29,31H,5-6,12-13,15-17,19,22H2,1-4H3,(H,37,41)(H,38,42)/t28-,29-,31+/m0/s1. The Balaban J connectivity index is 1.22. The molecule has 1 saturated heterocycles. The third-order valence-electron chi connectivity index (χ3n) is 9.62. The Morgan fingerprint density at radius 1 is 1.14 bits per heavy atom. The van der Waals surface area contributed by atoms with E-state index in [1.807, 2.05) is 12.1 Å². The smallest absolute Gasteiger partial charge is 0.261 e. The lowest BCUT2D eigenvalue weighted by Gasteiger charge is -2.34. The molecule has 3 aromatic heterocycles. The van der Waals surface area contributed by atoms with Crippen LogP contribution in [0.25, 0.3) is 21.3 Å². The summed E-state index contributed by atoms with van der Waals surface area (Å²) < 4.78 is 5.48. The van der Waals surface area contributed by atoms with Crippen LogP contribution in [0.2, 0.25) is 0 Å². The van der Waals surface area contributed by atoms with Gasteiger partial charge in [0.15, 0.2) is 0 Å². The average Bonchev–Trinajstić information content (AvgIpc) is 3.64. The summed E-state index contributed by atoms with van der Waals surface area (Å²) in [5.74, 6) is 0.592. The number of nitrogens with one attached hydrogen (secondary N) is 2. The molecule has 8 heteroatoms. The number of hydrogen-bond donors (Lipinski definition) is 2. The van der Waals surface area contributed by atoms with Crippen LogP contribution in [0.15, 0.2) is 59.5 Å². The van der Waals surface area contributed by atoms with Crippen LogP contribution in [0.1, 0.15) is 79.0 Å². The van der Waals surface area contributed by atoms with Gasteiger partial charge in [-0.15, -0.1) is 11.3 Å². The SMILES string of the molecule is COC[C@@H]1CCCN1CC[C@@H](NC(=O)c1cc2cc3c(nc2s1)CC[C@H](C(C)(C)C)C3)c1ccc(-c2ccc(=O)[nH]c2)cc1. The first-order valence-electron chi connectivity index (χ1n) is 15.9. The van der Waals surface area contributed by atoms with Crippen molar-refractivity contribution in [3.8, 4) is 11.1 Å². The van der Waals surface area contributed by atoms with E-state index < -0.39 is 0 Å². The fourth-order valence-corrected chi connectivity index (χ4v) is 7.83. The number of ether oxygens (including phenoxy) is 1. The number of H-pyrrole nitrogens is 1. The quantitative estimate of drug-likeness (QED) is 0.218. The second-order valence-electron chi connectivity index (χ2n) is 13.6. The highest BCUT2D eigenvalue weighted by Gasteiger charge is 2.30. The van der Waals surface area contributed by atoms with Gasteiger partial charge in [-0.25, -0.2) is 4.98 Å². The Hall–Kier alpha value is -3.33. The number of aromatic nitrogens is 2. The summed E-state index contributed by atoms with van der Waals surface area (Å²) >= 11 is 1.49. The van der Waals surface area contributed by atoms with Gasteiger partial charge in [-0.2, -0.15) is 0 Å². The van der Waals surface area contributed by atoms with Crippen LogP contribution in [-0.2, 0) is 17.6 Å². The van der Waals surface area contributed by atoms with E-state index in [0.29, 0.717) is 16.8 Å². The van der Waals surface area contributed by atoms with E-state index >= 15 is 0 Å². The van der Waals surface area contributed by atoms with Crippen molar-refractivity contribution in [2.24, 2.45) is 11.3 Å². The summed E-state index contributed by atoms with van der Waals surface area (Å²) in [4.78, 5) is 37.2. The van der Waals surface area contributed by atoms with Gasteiger partial charge in [-0.3, -0.25) is 14.5 Å². The molecule has 1 aliphatic heterocycles. The lowest BCUT2D eigenvalue weighted by atomic mass is 9.71. The number of nitrogens with zero attached hydrogens (tertiary/aromatic N) is 2. The number of likely N-dealkylation sites (tertiary alicyclic amines) is 1. The van der Waals surface area contributed by atoms with E-state index in [2.05, 4.69) is 66.3 Å². The van der Waals surface area contributed by atoms with Gasteiger partial charge in [0.2, 0.25) is 5.56 Å². The molecule has 0 radical (unpaired) electrons. The largest absolute Gasteiger partial charge is 0.383 e. The first-order chi connectivity index (χ1) is 21.2. The fraction of sp³-hybridized carbons (Fsp3) is 0.472. The number of amides is 1. The van der Waals surface area contributed by atoms with Crippen LogP contribution in [0.4, 0.5) is 0 Å². The van der Waals surface area contributed by atoms with E-state index in [4.69, 9.17) is 9.72 Å². The highest BCUT2D eigenvalue weighted by atomic mass is 32.1. The number of aromatic amines is 1. The van der Waals surface area contributed by atoms with Crippen LogP contribution in [0, 0.1) is 11.3 Å². The molecule has 232 valence electrons. The second kappa shape index (κ2) is 13.0. The van der Waals surface area contributed by atoms with Crippen LogP contribution >= 0.6 is 11.3 Å². The summed E-state index contributed by atoms with van der Waals surface area (Å²) in [5.41, 5.74) is 5.73. The molecule has 44 heavy (non-hydrogen) atoms. The van der Waals surface area contributed by atoms with Crippen molar-refractivity contribution in [2.75, 3.05) is 26.8 Å². The van der Waals surface area contributed by atoms with Gasteiger partial charge in [-0.1, -0.05) is 45.0 Å². The maximum Gasteiger partial charge on any atom is 0.261 e. The predicted octanol–water partition coefficient (Wildman–Crippen LogP) is 6.77. The number of thiophene rings is 1. The average molecular weight is 613 g/mol. The molecule has 0 bridgehead atoms. The zero-order valence-corrected chi connectivity index (χ0v) is 27.1. The van der Waals surface area contributed by atoms with Crippen LogP contribution in [0.5, 0.6) is 0 Å². The van der Waals surface area contributed by atoms with Gasteiger partial charge < -0.3 is 15.0 Å². The van der Waals surface area contributed by atoms with E-state index in [0.717, 1.165) is 72.3 Å². The molecule has 0 spiro atoms. The van der Waals surface area contributed by atoms with Gasteiger partial charge >= 0.3 is 0 Å². The Kier molecular flexibility index (Phi) is 9.03. The monoisotopic (exact) mass is 612 g/mol. The Morgan fingerprint density at radius 2 is 1.93 bits per heavy atom. The Morgan fingerprint density at radius 3 is 2.66 bits per heavy atom. The summed E-state index contributed by atoms with van der Waals surface area (Å²) in [6.45, 7) is 9.67. The lowest BCUT2D eigenvalue weighted by Crippen LogP contribution is -2.36. The molecule has 1 fully saturated rings. The van der Waals surface area contributed by atoms with Crippen molar-refractivity contribution in [3.63, 3.8) is 0 Å². The molecular weight excluding hydrogens is 568 g/mol. The van der Waals surface area contributed by atoms with Gasteiger partial charge in [0.05, 0.1) is 17.5 Å². The number of carbonyl (C=O) groups excluding carboxylic acids is 1. The number of pyridine rings is 2. The minimum atomic E-state index is -0.144. The maximum absolute atomic E-state index is 13.8. The molecule has 7 nitrogen and oxygen atoms in total. The van der Waals surface area contributed by atoms with E-state index in [9.17, 15) is 9.59 Å². The number of methoxy groups -OCH3 is 1. The van der Waals surface area contributed by atoms with Crippen LogP contribution < -0.4 is 10.9 Å². The maximum atomic E-state index is 13.8. The topological polar surface area (TPSA) is 87.3 Å². The number of benzene rings is 1. The number of fused-ring (bicyclic) bond motifs is 2. The van der Waals surface area contributed by atoms with Crippen LogP contribution in [0.3, 0.4) is 0 Å². The fourth-order valence-electron chi connectivity index (χ4n) is 6.89. The normalized spacial score (nSPS) is 19.6. The molecule has 1 aliphatic carbocycles. The van der Waals surface area contributed by atoms with Crippen molar-refractivity contribution in [1.82, 2.24) is 20.2 Å². The van der Waals surface area contributed by atoms with Gasteiger partial charge in [0, 0.05) is 43.0 Å². The van der Waals surface area contributed by atoms with Gasteiger partial charge in [-0.05, 0) is 96.9 Å². The van der Waals surface area contributed by atoms with Crippen molar-refractivity contribution in [1.29, 1.82) is 0 Å². The van der Waals surface area contributed by atoms with Crippen molar-refractivity contribution >= 4 is 27.5 Å². The number of carbonyl (C=O) groups is 1. The molecule has 4 heterocycles. The van der Waals surface area contributed by atoms with Crippen molar-refractivity contribution in [2.45, 2.75) is 71.4 Å². The third kappa shape index (κ3) is 6.82. The molecular formula is C36H44N4O3S. The number of rotatable bonds is 9. The zero-order valence-electron chi connectivity index (χ0n) is 26.3. The van der Waals surface area contributed by atoms with E-state index in [1.165, 1.54) is 41.5 Å². The van der Waals surface area contributed by atoms with E-state index in [1.54, 1.807) is 13.3 Å². The Bertz CT molecular complexity index is 1650. The molecule has 4 aromatic rings. The molecule has 0 saturated carbocycles. The summed E-state index contributed by atoms with van der Waals surface area (Å²) in [6, 6.07) is 16.3. The lowest BCUT2D eigenvalue weighted by molar-refractivity contribution is 0.0923. The number of hydrogen-bond acceptors (Lipinski definition) is 6. The summed E-state index contributed by atoms with van der Waals surface area (Å²) in [7, 11) is 1.77. The minimum Gasteiger partial charge on any atom is -0.383 e. The molecule has 1 amide bonds. The molecule has 3 atom stereocenters. The molecule has 0 unspecified atom stereocenters. The zero-order chi connectivity index (χ0) is 30.8. The summed E-state index contributed by atoms with van der Waals surface area (Å²) in [5, 5.41) is 4.45. The second-order valence-corrected chi connectivity index (χ2v) is 14.6. The van der Waals surface area contributed by atoms with Crippen LogP contribution in [-0.4, -0.2) is 53.6 Å².